The van der Waals surface area contributed by atoms with Crippen molar-refractivity contribution in [1.29, 1.82) is 0 Å². The van der Waals surface area contributed by atoms with Crippen LogP contribution in [0.5, 0.6) is 0 Å². The van der Waals surface area contributed by atoms with E-state index in [1.165, 1.54) is 41.3 Å². The summed E-state index contributed by atoms with van der Waals surface area (Å²) in [6.07, 6.45) is 4.86. The number of rotatable bonds is 2. The molecule has 104 valence electrons. The van der Waals surface area contributed by atoms with Crippen LogP contribution in [0.3, 0.4) is 0 Å². The molecular formula is C16H23NOS. The lowest BCUT2D eigenvalue weighted by atomic mass is 10.1. The summed E-state index contributed by atoms with van der Waals surface area (Å²) in [5, 5.41) is 0.250. The molecule has 0 atom stereocenters. The summed E-state index contributed by atoms with van der Waals surface area (Å²) in [6, 6.07) is 6.46. The average molecular weight is 277 g/mol. The molecule has 3 heteroatoms. The first-order valence-electron chi connectivity index (χ1n) is 7.14. The first-order valence-corrected chi connectivity index (χ1v) is 8.13. The summed E-state index contributed by atoms with van der Waals surface area (Å²) in [7, 11) is 0. The molecule has 2 nitrogen and oxygen atoms in total. The van der Waals surface area contributed by atoms with E-state index in [1.807, 2.05) is 4.90 Å². The highest BCUT2D eigenvalue weighted by Gasteiger charge is 2.15. The summed E-state index contributed by atoms with van der Waals surface area (Å²) in [4.78, 5) is 14.2. The van der Waals surface area contributed by atoms with Crippen LogP contribution < -0.4 is 0 Å². The maximum absolute atomic E-state index is 12.2. The predicted octanol–water partition coefficient (Wildman–Crippen LogP) is 4.53. The van der Waals surface area contributed by atoms with Crippen LogP contribution in [-0.4, -0.2) is 23.2 Å². The van der Waals surface area contributed by atoms with Gasteiger partial charge in [-0.1, -0.05) is 42.8 Å². The number of carbonyl (C=O) groups is 1. The molecule has 0 spiro atoms. The van der Waals surface area contributed by atoms with Crippen LogP contribution in [0.2, 0.25) is 0 Å². The van der Waals surface area contributed by atoms with Crippen LogP contribution in [0.25, 0.3) is 0 Å². The van der Waals surface area contributed by atoms with Gasteiger partial charge in [0.05, 0.1) is 0 Å². The molecule has 2 rings (SSSR count). The van der Waals surface area contributed by atoms with Gasteiger partial charge in [-0.3, -0.25) is 4.79 Å². The Morgan fingerprint density at radius 3 is 2.42 bits per heavy atom. The number of hydrogen-bond acceptors (Lipinski definition) is 2. The van der Waals surface area contributed by atoms with Crippen molar-refractivity contribution in [2.75, 3.05) is 13.1 Å². The van der Waals surface area contributed by atoms with Gasteiger partial charge in [0.15, 0.2) is 0 Å². The molecule has 1 amide bonds. The van der Waals surface area contributed by atoms with E-state index in [0.717, 1.165) is 31.7 Å². The highest BCUT2D eigenvalue weighted by Crippen LogP contribution is 2.20. The van der Waals surface area contributed by atoms with Crippen LogP contribution in [0, 0.1) is 13.8 Å². The Balaban J connectivity index is 1.86. The van der Waals surface area contributed by atoms with Crippen LogP contribution in [-0.2, 0) is 5.75 Å². The van der Waals surface area contributed by atoms with E-state index in [0.29, 0.717) is 0 Å². The number of thioether (sulfide) groups is 1. The second-order valence-corrected chi connectivity index (χ2v) is 6.30. The molecule has 0 unspecified atom stereocenters. The van der Waals surface area contributed by atoms with E-state index in [2.05, 4.69) is 32.0 Å². The molecule has 0 aromatic heterocycles. The van der Waals surface area contributed by atoms with Crippen LogP contribution >= 0.6 is 11.8 Å². The minimum atomic E-state index is 0.250. The lowest BCUT2D eigenvalue weighted by Gasteiger charge is -2.19. The highest BCUT2D eigenvalue weighted by molar-refractivity contribution is 8.12. The normalized spacial score (nSPS) is 16.2. The van der Waals surface area contributed by atoms with Crippen molar-refractivity contribution in [3.63, 3.8) is 0 Å². The molecule has 1 fully saturated rings. The lowest BCUT2D eigenvalue weighted by molar-refractivity contribution is 0.225. The molecule has 19 heavy (non-hydrogen) atoms. The fraction of sp³-hybridized carbons (Fsp3) is 0.562. The molecule has 1 aromatic rings. The van der Waals surface area contributed by atoms with Gasteiger partial charge in [-0.05, 0) is 43.4 Å². The first kappa shape index (κ1) is 14.4. The van der Waals surface area contributed by atoms with Gasteiger partial charge in [0.1, 0.15) is 0 Å². The quantitative estimate of drug-likeness (QED) is 0.791. The number of hydrogen-bond donors (Lipinski definition) is 0. The van der Waals surface area contributed by atoms with E-state index in [9.17, 15) is 4.79 Å². The van der Waals surface area contributed by atoms with E-state index in [-0.39, 0.29) is 5.24 Å². The summed E-state index contributed by atoms with van der Waals surface area (Å²) >= 11 is 1.45. The fourth-order valence-corrected chi connectivity index (χ4v) is 3.22. The second kappa shape index (κ2) is 6.99. The van der Waals surface area contributed by atoms with Crippen LogP contribution in [0.15, 0.2) is 18.2 Å². The van der Waals surface area contributed by atoms with Crippen molar-refractivity contribution in [3.05, 3.63) is 34.9 Å². The predicted molar refractivity (Wildman–Crippen MR) is 82.6 cm³/mol. The van der Waals surface area contributed by atoms with E-state index in [4.69, 9.17) is 0 Å². The topological polar surface area (TPSA) is 20.3 Å². The van der Waals surface area contributed by atoms with Crippen LogP contribution in [0.4, 0.5) is 4.79 Å². The van der Waals surface area contributed by atoms with Crippen molar-refractivity contribution in [2.45, 2.75) is 45.3 Å². The van der Waals surface area contributed by atoms with Gasteiger partial charge in [-0.15, -0.1) is 0 Å². The third kappa shape index (κ3) is 4.27. The van der Waals surface area contributed by atoms with Crippen molar-refractivity contribution in [1.82, 2.24) is 4.90 Å². The minimum absolute atomic E-state index is 0.250. The van der Waals surface area contributed by atoms with Gasteiger partial charge in [-0.2, -0.15) is 0 Å². The molecule has 1 aromatic carbocycles. The van der Waals surface area contributed by atoms with Gasteiger partial charge < -0.3 is 4.90 Å². The van der Waals surface area contributed by atoms with Crippen molar-refractivity contribution < 1.29 is 4.79 Å². The Kier molecular flexibility index (Phi) is 5.32. The monoisotopic (exact) mass is 277 g/mol. The maximum atomic E-state index is 12.2. The zero-order valence-corrected chi connectivity index (χ0v) is 12.8. The zero-order chi connectivity index (χ0) is 13.7. The number of amides is 1. The molecule has 1 aliphatic heterocycles. The molecule has 0 bridgehead atoms. The third-order valence-corrected chi connectivity index (χ3v) is 4.78. The summed E-state index contributed by atoms with van der Waals surface area (Å²) in [5.74, 6) is 0.788. The third-order valence-electron chi connectivity index (χ3n) is 3.80. The second-order valence-electron chi connectivity index (χ2n) is 5.37. The summed E-state index contributed by atoms with van der Waals surface area (Å²) < 4.78 is 0. The molecule has 0 saturated carbocycles. The Hall–Kier alpha value is -0.960. The van der Waals surface area contributed by atoms with Gasteiger partial charge >= 0.3 is 0 Å². The average Bonchev–Trinajstić information content (AvgIpc) is 2.69. The Morgan fingerprint density at radius 1 is 1.11 bits per heavy atom. The summed E-state index contributed by atoms with van der Waals surface area (Å²) in [6.45, 7) is 6.13. The van der Waals surface area contributed by atoms with Gasteiger partial charge in [0, 0.05) is 18.8 Å². The van der Waals surface area contributed by atoms with Gasteiger partial charge in [0.2, 0.25) is 0 Å². The zero-order valence-electron chi connectivity index (χ0n) is 11.9. The van der Waals surface area contributed by atoms with Crippen LogP contribution in [0.1, 0.15) is 42.4 Å². The molecule has 1 saturated heterocycles. The van der Waals surface area contributed by atoms with Gasteiger partial charge in [0.25, 0.3) is 5.24 Å². The van der Waals surface area contributed by atoms with E-state index in [1.54, 1.807) is 0 Å². The largest absolute Gasteiger partial charge is 0.334 e. The maximum Gasteiger partial charge on any atom is 0.281 e. The van der Waals surface area contributed by atoms with E-state index >= 15 is 0 Å². The molecule has 0 N–H and O–H groups in total. The van der Waals surface area contributed by atoms with Gasteiger partial charge in [-0.25, -0.2) is 0 Å². The Morgan fingerprint density at radius 2 is 1.79 bits per heavy atom. The minimum Gasteiger partial charge on any atom is -0.334 e. The number of aryl methyl sites for hydroxylation is 2. The number of likely N-dealkylation sites (tertiary alicyclic amines) is 1. The molecular weight excluding hydrogens is 254 g/mol. The molecule has 0 aliphatic carbocycles. The molecule has 1 aliphatic rings. The Labute approximate surface area is 120 Å². The smallest absolute Gasteiger partial charge is 0.281 e. The molecule has 1 heterocycles. The van der Waals surface area contributed by atoms with Crippen molar-refractivity contribution >= 4 is 17.0 Å². The van der Waals surface area contributed by atoms with Crippen molar-refractivity contribution in [2.24, 2.45) is 0 Å². The number of nitrogens with zero attached hydrogens (tertiary/aromatic N) is 1. The number of carbonyl (C=O) groups excluding carboxylic acids is 1. The fourth-order valence-electron chi connectivity index (χ4n) is 2.38. The standard InChI is InChI=1S/C16H23NOS/c1-13-7-8-15(11-14(13)2)12-19-16(18)17-9-5-3-4-6-10-17/h7-8,11H,3-6,9-10,12H2,1-2H3. The lowest BCUT2D eigenvalue weighted by Crippen LogP contribution is -2.28. The SMILES string of the molecule is Cc1ccc(CSC(=O)N2CCCCCC2)cc1C. The number of benzene rings is 1. The summed E-state index contributed by atoms with van der Waals surface area (Å²) in [5.41, 5.74) is 3.86. The Bertz CT molecular complexity index is 436. The first-order chi connectivity index (χ1) is 9.16. The highest BCUT2D eigenvalue weighted by atomic mass is 32.2. The van der Waals surface area contributed by atoms with E-state index < -0.39 is 0 Å². The molecule has 0 radical (unpaired) electrons. The van der Waals surface area contributed by atoms with Crippen molar-refractivity contribution in [3.8, 4) is 0 Å².